The van der Waals surface area contributed by atoms with Crippen molar-refractivity contribution < 1.29 is 19.1 Å². The molecule has 0 fully saturated rings. The molecule has 0 aliphatic rings. The van der Waals surface area contributed by atoms with Crippen molar-refractivity contribution in [3.05, 3.63) is 105 Å². The fourth-order valence-electron chi connectivity index (χ4n) is 3.09. The van der Waals surface area contributed by atoms with Crippen LogP contribution in [0.15, 0.2) is 99.0 Å². The van der Waals surface area contributed by atoms with Crippen molar-refractivity contribution in [3.8, 4) is 11.5 Å². The van der Waals surface area contributed by atoms with E-state index in [1.54, 1.807) is 42.5 Å². The Morgan fingerprint density at radius 1 is 0.882 bits per heavy atom. The van der Waals surface area contributed by atoms with Crippen molar-refractivity contribution in [2.24, 2.45) is 5.10 Å². The summed E-state index contributed by atoms with van der Waals surface area (Å²) in [4.78, 5) is 24.4. The predicted octanol–water partition coefficient (Wildman–Crippen LogP) is 6.11. The number of nitrogens with one attached hydrogen (secondary N) is 1. The van der Waals surface area contributed by atoms with Gasteiger partial charge in [0, 0.05) is 4.47 Å². The summed E-state index contributed by atoms with van der Waals surface area (Å²) in [5.74, 6) is 0.122. The van der Waals surface area contributed by atoms with Crippen LogP contribution in [0.4, 0.5) is 0 Å². The van der Waals surface area contributed by atoms with Crippen LogP contribution in [-0.4, -0.2) is 24.7 Å². The summed E-state index contributed by atoms with van der Waals surface area (Å²) in [5, 5.41) is 6.02. The average molecular weight is 582 g/mol. The van der Waals surface area contributed by atoms with Gasteiger partial charge in [0.1, 0.15) is 11.5 Å². The quantitative estimate of drug-likeness (QED) is 0.124. The second kappa shape index (κ2) is 11.1. The van der Waals surface area contributed by atoms with E-state index in [1.165, 1.54) is 6.21 Å². The molecule has 0 atom stereocenters. The van der Waals surface area contributed by atoms with E-state index < -0.39 is 11.9 Å². The van der Waals surface area contributed by atoms with Gasteiger partial charge in [-0.15, -0.1) is 0 Å². The zero-order valence-electron chi connectivity index (χ0n) is 17.7. The lowest BCUT2D eigenvalue weighted by atomic mass is 10.1. The SMILES string of the molecule is O=C(COc1ccc2ccccc2c1Br)N/N=C\c1ccc(OC(=O)c2ccccc2Br)cc1. The van der Waals surface area contributed by atoms with Gasteiger partial charge >= 0.3 is 5.97 Å². The Bertz CT molecular complexity index is 1370. The van der Waals surface area contributed by atoms with E-state index in [-0.39, 0.29) is 6.61 Å². The molecule has 4 aromatic carbocycles. The lowest BCUT2D eigenvalue weighted by molar-refractivity contribution is -0.123. The summed E-state index contributed by atoms with van der Waals surface area (Å²) in [6, 6.07) is 25.4. The van der Waals surface area contributed by atoms with Gasteiger partial charge in [-0.1, -0.05) is 42.5 Å². The highest BCUT2D eigenvalue weighted by Crippen LogP contribution is 2.32. The molecule has 4 rings (SSSR count). The van der Waals surface area contributed by atoms with Crippen LogP contribution in [0.25, 0.3) is 10.8 Å². The van der Waals surface area contributed by atoms with E-state index in [4.69, 9.17) is 9.47 Å². The van der Waals surface area contributed by atoms with Crippen molar-refractivity contribution in [3.63, 3.8) is 0 Å². The first-order valence-corrected chi connectivity index (χ1v) is 11.8. The van der Waals surface area contributed by atoms with E-state index in [2.05, 4.69) is 42.4 Å². The molecule has 0 radical (unpaired) electrons. The van der Waals surface area contributed by atoms with Gasteiger partial charge in [-0.3, -0.25) is 4.79 Å². The van der Waals surface area contributed by atoms with E-state index in [0.717, 1.165) is 20.8 Å². The van der Waals surface area contributed by atoms with E-state index >= 15 is 0 Å². The second-order valence-corrected chi connectivity index (χ2v) is 8.77. The van der Waals surface area contributed by atoms with Crippen molar-refractivity contribution >= 4 is 60.7 Å². The van der Waals surface area contributed by atoms with Crippen molar-refractivity contribution in [2.75, 3.05) is 6.61 Å². The van der Waals surface area contributed by atoms with Crippen molar-refractivity contribution in [1.82, 2.24) is 5.43 Å². The Morgan fingerprint density at radius 2 is 1.62 bits per heavy atom. The van der Waals surface area contributed by atoms with Crippen LogP contribution in [0.2, 0.25) is 0 Å². The highest BCUT2D eigenvalue weighted by Gasteiger charge is 2.12. The molecule has 1 amide bonds. The largest absolute Gasteiger partial charge is 0.483 e. The van der Waals surface area contributed by atoms with Crippen molar-refractivity contribution in [2.45, 2.75) is 0 Å². The maximum Gasteiger partial charge on any atom is 0.344 e. The molecule has 0 aromatic heterocycles. The van der Waals surface area contributed by atoms with Gasteiger partial charge in [0.15, 0.2) is 6.61 Å². The summed E-state index contributed by atoms with van der Waals surface area (Å²) >= 11 is 6.87. The third-order valence-electron chi connectivity index (χ3n) is 4.77. The van der Waals surface area contributed by atoms with E-state index in [9.17, 15) is 9.59 Å². The second-order valence-electron chi connectivity index (χ2n) is 7.12. The van der Waals surface area contributed by atoms with Gasteiger partial charge in [0.2, 0.25) is 0 Å². The fraction of sp³-hybridized carbons (Fsp3) is 0.0385. The standard InChI is InChI=1S/C26H18Br2N2O4/c27-22-8-4-3-7-21(22)26(32)34-19-12-9-17(10-13-19)15-29-30-24(31)16-33-23-14-11-18-5-1-2-6-20(18)25(23)28/h1-15H,16H2,(H,30,31)/b29-15-. The number of nitrogens with zero attached hydrogens (tertiary/aromatic N) is 1. The first-order chi connectivity index (χ1) is 16.5. The molecule has 4 aromatic rings. The summed E-state index contributed by atoms with van der Waals surface area (Å²) in [5.41, 5.74) is 3.59. The zero-order chi connectivity index (χ0) is 23.9. The Hall–Kier alpha value is -3.49. The molecule has 6 nitrogen and oxygen atoms in total. The molecule has 0 saturated carbocycles. The number of fused-ring (bicyclic) bond motifs is 1. The molecule has 34 heavy (non-hydrogen) atoms. The zero-order valence-corrected chi connectivity index (χ0v) is 20.9. The van der Waals surface area contributed by atoms with Crippen LogP contribution < -0.4 is 14.9 Å². The third kappa shape index (κ3) is 5.89. The number of ether oxygens (including phenoxy) is 2. The molecular weight excluding hydrogens is 564 g/mol. The van der Waals surface area contributed by atoms with Gasteiger partial charge in [0.05, 0.1) is 16.3 Å². The summed E-state index contributed by atoms with van der Waals surface area (Å²) in [7, 11) is 0. The molecule has 0 saturated heterocycles. The third-order valence-corrected chi connectivity index (χ3v) is 6.28. The Morgan fingerprint density at radius 3 is 2.41 bits per heavy atom. The topological polar surface area (TPSA) is 77.0 Å². The number of amides is 1. The number of halogens is 2. The molecule has 170 valence electrons. The van der Waals surface area contributed by atoms with Gasteiger partial charge in [-0.05, 0) is 90.7 Å². The number of carbonyl (C=O) groups is 2. The maximum absolute atomic E-state index is 12.3. The number of hydrazone groups is 1. The average Bonchev–Trinajstić information content (AvgIpc) is 2.85. The normalized spacial score (nSPS) is 10.9. The van der Waals surface area contributed by atoms with Crippen molar-refractivity contribution in [1.29, 1.82) is 0 Å². The number of esters is 1. The molecule has 0 unspecified atom stereocenters. The smallest absolute Gasteiger partial charge is 0.344 e. The molecule has 0 aliphatic carbocycles. The molecule has 0 aliphatic heterocycles. The first kappa shape index (κ1) is 23.7. The maximum atomic E-state index is 12.3. The Labute approximate surface area is 212 Å². The lowest BCUT2D eigenvalue weighted by Gasteiger charge is -2.09. The van der Waals surface area contributed by atoms with Crippen LogP contribution in [0.1, 0.15) is 15.9 Å². The monoisotopic (exact) mass is 580 g/mol. The van der Waals surface area contributed by atoms with Crippen LogP contribution in [0.3, 0.4) is 0 Å². The molecule has 8 heteroatoms. The first-order valence-electron chi connectivity index (χ1n) is 10.2. The van der Waals surface area contributed by atoms with Gasteiger partial charge in [-0.2, -0.15) is 5.10 Å². The van der Waals surface area contributed by atoms with Crippen LogP contribution in [-0.2, 0) is 4.79 Å². The summed E-state index contributed by atoms with van der Waals surface area (Å²) < 4.78 is 12.5. The van der Waals surface area contributed by atoms with Gasteiger partial charge in [0.25, 0.3) is 5.91 Å². The fourth-order valence-corrected chi connectivity index (χ4v) is 4.14. The molecule has 0 heterocycles. The van der Waals surface area contributed by atoms with Gasteiger partial charge in [-0.25, -0.2) is 10.2 Å². The minimum absolute atomic E-state index is 0.182. The highest BCUT2D eigenvalue weighted by molar-refractivity contribution is 9.11. The number of carbonyl (C=O) groups excluding carboxylic acids is 2. The molecule has 0 bridgehead atoms. The minimum atomic E-state index is -0.459. The lowest BCUT2D eigenvalue weighted by Crippen LogP contribution is -2.24. The molecule has 1 N–H and O–H groups in total. The number of benzene rings is 4. The number of hydrogen-bond acceptors (Lipinski definition) is 5. The van der Waals surface area contributed by atoms with Crippen LogP contribution >= 0.6 is 31.9 Å². The predicted molar refractivity (Wildman–Crippen MR) is 138 cm³/mol. The number of hydrogen-bond donors (Lipinski definition) is 1. The Balaban J connectivity index is 1.28. The summed E-state index contributed by atoms with van der Waals surface area (Å²) in [6.07, 6.45) is 1.49. The highest BCUT2D eigenvalue weighted by atomic mass is 79.9. The van der Waals surface area contributed by atoms with Crippen LogP contribution in [0.5, 0.6) is 11.5 Å². The minimum Gasteiger partial charge on any atom is -0.483 e. The molecule has 0 spiro atoms. The summed E-state index contributed by atoms with van der Waals surface area (Å²) in [6.45, 7) is -0.182. The van der Waals surface area contributed by atoms with Crippen LogP contribution in [0, 0.1) is 0 Å². The molecular formula is C26H18Br2N2O4. The van der Waals surface area contributed by atoms with Gasteiger partial charge < -0.3 is 9.47 Å². The van der Waals surface area contributed by atoms with E-state index in [1.807, 2.05) is 42.5 Å². The van der Waals surface area contributed by atoms with E-state index in [0.29, 0.717) is 21.5 Å². The Kier molecular flexibility index (Phi) is 7.72. The number of rotatable bonds is 7.